The average molecular weight is 496 g/mol. The molecule has 1 N–H and O–H groups in total. The maximum absolute atomic E-state index is 13.1. The van der Waals surface area contributed by atoms with Gasteiger partial charge < -0.3 is 10.0 Å². The van der Waals surface area contributed by atoms with Crippen molar-refractivity contribution < 1.29 is 23.2 Å². The molecule has 0 saturated carbocycles. The molecule has 2 fully saturated rings. The first kappa shape index (κ1) is 20.9. The molecule has 0 bridgehead atoms. The number of fused-ring (bicyclic) bond motifs is 1. The number of piperazine rings is 1. The maximum Gasteiger partial charge on any atom is 0.269 e. The molecular formula is C19H18BrN3O6S. The fourth-order valence-electron chi connectivity index (χ4n) is 4.23. The minimum Gasteiger partial charge on any atom is -0.394 e. The number of hydrogen-bond acceptors (Lipinski definition) is 6. The highest BCUT2D eigenvalue weighted by Crippen LogP contribution is 2.43. The van der Waals surface area contributed by atoms with Crippen LogP contribution in [0.25, 0.3) is 0 Å². The van der Waals surface area contributed by atoms with E-state index in [1.165, 1.54) is 12.1 Å². The van der Waals surface area contributed by atoms with Crippen LogP contribution in [0.1, 0.15) is 11.5 Å². The van der Waals surface area contributed by atoms with E-state index in [0.717, 1.165) is 26.5 Å². The lowest BCUT2D eigenvalue weighted by Crippen LogP contribution is -2.73. The molecule has 2 aromatic rings. The lowest BCUT2D eigenvalue weighted by molar-refractivity contribution is -0.384. The smallest absolute Gasteiger partial charge is 0.269 e. The van der Waals surface area contributed by atoms with Gasteiger partial charge in [-0.25, -0.2) is 8.42 Å². The van der Waals surface area contributed by atoms with Crippen LogP contribution in [-0.2, 0) is 14.8 Å². The van der Waals surface area contributed by atoms with Crippen molar-refractivity contribution in [3.8, 4) is 0 Å². The zero-order valence-electron chi connectivity index (χ0n) is 15.6. The molecule has 158 valence electrons. The molecule has 2 heterocycles. The van der Waals surface area contributed by atoms with Crippen molar-refractivity contribution >= 4 is 37.5 Å². The molecule has 2 aliphatic heterocycles. The number of sulfonamides is 1. The summed E-state index contributed by atoms with van der Waals surface area (Å²) in [6, 6.07) is 11.3. The largest absolute Gasteiger partial charge is 0.394 e. The number of aliphatic hydroxyl groups is 1. The third kappa shape index (κ3) is 3.41. The number of benzene rings is 2. The number of nitrogens with zero attached hydrogens (tertiary/aromatic N) is 3. The lowest BCUT2D eigenvalue weighted by atomic mass is 9.74. The molecule has 0 aromatic heterocycles. The third-order valence-corrected chi connectivity index (χ3v) is 8.02. The Balaban J connectivity index is 1.62. The summed E-state index contributed by atoms with van der Waals surface area (Å²) in [5.41, 5.74) is 0.704. The van der Waals surface area contributed by atoms with Gasteiger partial charge in [-0.15, -0.1) is 0 Å². The normalized spacial score (nSPS) is 24.3. The Labute approximate surface area is 181 Å². The number of amides is 1. The first-order valence-electron chi connectivity index (χ1n) is 9.16. The van der Waals surface area contributed by atoms with Crippen molar-refractivity contribution in [1.29, 1.82) is 0 Å². The standard InChI is InChI=1S/C19H18BrN3O6S/c20-13-3-1-12(2-4-13)19-16-9-21(10-18(25)22(16)17(19)11-24)30(28,29)15-7-5-14(6-8-15)23(26)27/h1-8,16-17,19,24H,9-11H2/t16-,17+,19+/m0/s1. The molecule has 9 nitrogen and oxygen atoms in total. The minimum absolute atomic E-state index is 0.0856. The number of non-ortho nitro benzene ring substituents is 1. The number of halogens is 1. The van der Waals surface area contributed by atoms with E-state index in [0.29, 0.717) is 0 Å². The molecule has 2 aliphatic rings. The average Bonchev–Trinajstić information content (AvgIpc) is 2.71. The Morgan fingerprint density at radius 3 is 2.33 bits per heavy atom. The molecule has 3 atom stereocenters. The fourth-order valence-corrected chi connectivity index (χ4v) is 5.90. The van der Waals surface area contributed by atoms with Gasteiger partial charge in [-0.2, -0.15) is 4.31 Å². The number of rotatable bonds is 5. The number of nitro groups is 1. The lowest BCUT2D eigenvalue weighted by Gasteiger charge is -2.58. The van der Waals surface area contributed by atoms with Gasteiger partial charge in [-0.3, -0.25) is 14.9 Å². The van der Waals surface area contributed by atoms with Gasteiger partial charge in [-0.05, 0) is 29.8 Å². The minimum atomic E-state index is -4.00. The molecule has 2 aromatic carbocycles. The van der Waals surface area contributed by atoms with E-state index < -0.39 is 27.0 Å². The Kier molecular flexibility index (Phi) is 5.39. The topological polar surface area (TPSA) is 121 Å². The summed E-state index contributed by atoms with van der Waals surface area (Å²) < 4.78 is 28.1. The van der Waals surface area contributed by atoms with Crippen LogP contribution in [0.2, 0.25) is 0 Å². The zero-order chi connectivity index (χ0) is 21.6. The van der Waals surface area contributed by atoms with Crippen LogP contribution in [0.4, 0.5) is 5.69 Å². The Morgan fingerprint density at radius 1 is 1.13 bits per heavy atom. The van der Waals surface area contributed by atoms with Gasteiger partial charge in [0, 0.05) is 29.1 Å². The first-order chi connectivity index (χ1) is 14.2. The summed E-state index contributed by atoms with van der Waals surface area (Å²) in [5.74, 6) is -0.564. The summed E-state index contributed by atoms with van der Waals surface area (Å²) in [7, 11) is -4.00. The quantitative estimate of drug-likeness (QED) is 0.497. The second-order valence-corrected chi connectivity index (χ2v) is 10.1. The van der Waals surface area contributed by atoms with Crippen molar-refractivity contribution in [2.24, 2.45) is 0 Å². The van der Waals surface area contributed by atoms with E-state index in [1.54, 1.807) is 4.90 Å². The van der Waals surface area contributed by atoms with Crippen molar-refractivity contribution in [3.63, 3.8) is 0 Å². The van der Waals surface area contributed by atoms with Gasteiger partial charge in [0.2, 0.25) is 15.9 Å². The molecule has 1 amide bonds. The molecule has 0 spiro atoms. The van der Waals surface area contributed by atoms with Gasteiger partial charge in [-0.1, -0.05) is 28.1 Å². The van der Waals surface area contributed by atoms with Gasteiger partial charge in [0.25, 0.3) is 5.69 Å². The van der Waals surface area contributed by atoms with Gasteiger partial charge >= 0.3 is 0 Å². The second kappa shape index (κ2) is 7.73. The monoisotopic (exact) mass is 495 g/mol. The molecule has 11 heteroatoms. The van der Waals surface area contributed by atoms with E-state index >= 15 is 0 Å². The highest BCUT2D eigenvalue weighted by Gasteiger charge is 2.55. The molecule has 2 saturated heterocycles. The Morgan fingerprint density at radius 2 is 1.77 bits per heavy atom. The number of hydrogen-bond donors (Lipinski definition) is 1. The van der Waals surface area contributed by atoms with Crippen molar-refractivity contribution in [3.05, 3.63) is 68.7 Å². The molecule has 0 radical (unpaired) electrons. The molecule has 0 unspecified atom stereocenters. The zero-order valence-corrected chi connectivity index (χ0v) is 18.0. The van der Waals surface area contributed by atoms with Crippen LogP contribution in [0.15, 0.2) is 57.9 Å². The summed E-state index contributed by atoms with van der Waals surface area (Å²) in [6.45, 7) is -0.459. The number of carbonyl (C=O) groups excluding carboxylic acids is 1. The SMILES string of the molecule is O=C1CN(S(=O)(=O)c2ccc([N+](=O)[O-])cc2)C[C@H]2[C@@H](c3ccc(Br)cc3)[C@@H](CO)N12. The Bertz CT molecular complexity index is 1090. The van der Waals surface area contributed by atoms with Crippen LogP contribution in [0, 0.1) is 10.1 Å². The van der Waals surface area contributed by atoms with E-state index in [-0.39, 0.29) is 42.1 Å². The second-order valence-electron chi connectivity index (χ2n) is 7.24. The highest BCUT2D eigenvalue weighted by atomic mass is 79.9. The van der Waals surface area contributed by atoms with E-state index in [9.17, 15) is 28.4 Å². The van der Waals surface area contributed by atoms with Crippen molar-refractivity contribution in [2.45, 2.75) is 22.9 Å². The molecule has 4 rings (SSSR count). The van der Waals surface area contributed by atoms with Gasteiger partial charge in [0.15, 0.2) is 0 Å². The van der Waals surface area contributed by atoms with Gasteiger partial charge in [0.05, 0.1) is 35.1 Å². The number of carbonyl (C=O) groups is 1. The molecule has 30 heavy (non-hydrogen) atoms. The molecule has 0 aliphatic carbocycles. The van der Waals surface area contributed by atoms with E-state index in [1.807, 2.05) is 24.3 Å². The predicted octanol–water partition coefficient (Wildman–Crippen LogP) is 1.72. The first-order valence-corrected chi connectivity index (χ1v) is 11.4. The number of aliphatic hydroxyl groups excluding tert-OH is 1. The molecular weight excluding hydrogens is 478 g/mol. The van der Waals surface area contributed by atoms with Crippen molar-refractivity contribution in [1.82, 2.24) is 9.21 Å². The maximum atomic E-state index is 13.1. The Hall–Kier alpha value is -2.34. The van der Waals surface area contributed by atoms with Gasteiger partial charge in [0.1, 0.15) is 0 Å². The van der Waals surface area contributed by atoms with Crippen LogP contribution in [-0.4, -0.2) is 65.3 Å². The number of nitro benzene ring substituents is 1. The van der Waals surface area contributed by atoms with Crippen LogP contribution >= 0.6 is 15.9 Å². The summed E-state index contributed by atoms with van der Waals surface area (Å²) in [6.07, 6.45) is 0. The van der Waals surface area contributed by atoms with Crippen LogP contribution in [0.5, 0.6) is 0 Å². The van der Waals surface area contributed by atoms with Crippen LogP contribution < -0.4 is 0 Å². The van der Waals surface area contributed by atoms with Crippen molar-refractivity contribution in [2.75, 3.05) is 19.7 Å². The van der Waals surface area contributed by atoms with E-state index in [2.05, 4.69) is 15.9 Å². The fraction of sp³-hybridized carbons (Fsp3) is 0.316. The third-order valence-electron chi connectivity index (χ3n) is 5.66. The summed E-state index contributed by atoms with van der Waals surface area (Å²) in [5, 5.41) is 20.6. The highest BCUT2D eigenvalue weighted by molar-refractivity contribution is 9.10. The van der Waals surface area contributed by atoms with E-state index in [4.69, 9.17) is 0 Å². The van der Waals surface area contributed by atoms with Crippen LogP contribution in [0.3, 0.4) is 0 Å². The predicted molar refractivity (Wildman–Crippen MR) is 110 cm³/mol. The summed E-state index contributed by atoms with van der Waals surface area (Å²) >= 11 is 3.38. The summed E-state index contributed by atoms with van der Waals surface area (Å²) in [4.78, 5) is 24.4.